The van der Waals surface area contributed by atoms with E-state index in [1.807, 2.05) is 10.8 Å². The zero-order valence-electron chi connectivity index (χ0n) is 16.8. The van der Waals surface area contributed by atoms with E-state index in [9.17, 15) is 19.7 Å². The van der Waals surface area contributed by atoms with Crippen molar-refractivity contribution in [1.29, 1.82) is 0 Å². The van der Waals surface area contributed by atoms with E-state index in [0.29, 0.717) is 25.8 Å². The molecule has 10 heteroatoms. The van der Waals surface area contributed by atoms with E-state index in [2.05, 4.69) is 11.9 Å². The lowest BCUT2D eigenvalue weighted by molar-refractivity contribution is -0.139. The molecule has 1 amide bonds. The summed E-state index contributed by atoms with van der Waals surface area (Å²) in [5.41, 5.74) is 1.38. The van der Waals surface area contributed by atoms with E-state index >= 15 is 0 Å². The summed E-state index contributed by atoms with van der Waals surface area (Å²) >= 11 is 0. The van der Waals surface area contributed by atoms with Crippen molar-refractivity contribution >= 4 is 19.0 Å². The average molecular weight is 413 g/mol. The number of aromatic carboxylic acids is 1. The summed E-state index contributed by atoms with van der Waals surface area (Å²) in [6.07, 6.45) is 5.51. The molecule has 4 rings (SSSR count). The first kappa shape index (κ1) is 20.3. The van der Waals surface area contributed by atoms with Crippen LogP contribution in [0.4, 0.5) is 0 Å². The molecular formula is C20H24BN3O6. The first-order valence-electron chi connectivity index (χ1n) is 10.1. The molecule has 0 unspecified atom stereocenters. The summed E-state index contributed by atoms with van der Waals surface area (Å²) in [6, 6.07) is 3.38. The standard InChI is InChI=1S/C20H24BN3O6/c1-2-7-23-9-14(22-12-23)8-17(25)24-10-15(11-24)29-16-4-3-13-5-6-21(28)30-19(13)18(16)20(26)27/h3-4,9,12,15,28H,2,5-8,10-11H2,1H3,(H,26,27). The number of hydrogen-bond acceptors (Lipinski definition) is 6. The second-order valence-corrected chi connectivity index (χ2v) is 7.66. The molecule has 0 aliphatic carbocycles. The maximum Gasteiger partial charge on any atom is 0.522 e. The molecule has 158 valence electrons. The van der Waals surface area contributed by atoms with Gasteiger partial charge in [-0.15, -0.1) is 0 Å². The molecule has 2 aromatic rings. The number of imidazole rings is 1. The van der Waals surface area contributed by atoms with Gasteiger partial charge in [0.1, 0.15) is 23.2 Å². The summed E-state index contributed by atoms with van der Waals surface area (Å²) in [4.78, 5) is 30.2. The third kappa shape index (κ3) is 4.13. The van der Waals surface area contributed by atoms with Crippen LogP contribution < -0.4 is 9.39 Å². The summed E-state index contributed by atoms with van der Waals surface area (Å²) in [7, 11) is -1.02. The fourth-order valence-electron chi connectivity index (χ4n) is 3.75. The number of aryl methyl sites for hydroxylation is 2. The minimum absolute atomic E-state index is 0.0352. The van der Waals surface area contributed by atoms with Gasteiger partial charge in [0.05, 0.1) is 31.5 Å². The summed E-state index contributed by atoms with van der Waals surface area (Å²) in [5, 5.41) is 19.4. The van der Waals surface area contributed by atoms with Gasteiger partial charge in [-0.25, -0.2) is 9.78 Å². The molecule has 0 atom stereocenters. The number of carbonyl (C=O) groups is 2. The lowest BCUT2D eigenvalue weighted by Crippen LogP contribution is -2.56. The van der Waals surface area contributed by atoms with E-state index in [1.54, 1.807) is 23.4 Å². The second kappa shape index (κ2) is 8.39. The monoisotopic (exact) mass is 413 g/mol. The highest BCUT2D eigenvalue weighted by atomic mass is 16.5. The summed E-state index contributed by atoms with van der Waals surface area (Å²) < 4.78 is 13.2. The number of fused-ring (bicyclic) bond motifs is 1. The SMILES string of the molecule is CCCn1cnc(CC(=O)N2CC(Oc3ccc4c(c3C(=O)O)OB(O)CC4)C2)c1. The van der Waals surface area contributed by atoms with E-state index in [-0.39, 0.29) is 35.5 Å². The van der Waals surface area contributed by atoms with E-state index in [1.165, 1.54) is 0 Å². The molecule has 2 aliphatic rings. The molecular weight excluding hydrogens is 389 g/mol. The minimum atomic E-state index is -1.18. The number of amides is 1. The Labute approximate surface area is 174 Å². The highest BCUT2D eigenvalue weighted by Gasteiger charge is 2.35. The fraction of sp³-hybridized carbons (Fsp3) is 0.450. The molecule has 0 bridgehead atoms. The molecule has 9 nitrogen and oxygen atoms in total. The lowest BCUT2D eigenvalue weighted by Gasteiger charge is -2.39. The van der Waals surface area contributed by atoms with Crippen LogP contribution in [-0.4, -0.2) is 62.8 Å². The zero-order chi connectivity index (χ0) is 21.3. The maximum atomic E-state index is 12.4. The van der Waals surface area contributed by atoms with Gasteiger partial charge >= 0.3 is 13.1 Å². The van der Waals surface area contributed by atoms with Gasteiger partial charge in [-0.2, -0.15) is 0 Å². The fourth-order valence-corrected chi connectivity index (χ4v) is 3.75. The van der Waals surface area contributed by atoms with Gasteiger partial charge < -0.3 is 29.0 Å². The van der Waals surface area contributed by atoms with Crippen LogP contribution in [0.5, 0.6) is 11.5 Å². The number of benzene rings is 1. The molecule has 0 saturated carbocycles. The maximum absolute atomic E-state index is 12.4. The highest BCUT2D eigenvalue weighted by molar-refractivity contribution is 6.44. The third-order valence-electron chi connectivity index (χ3n) is 5.32. The van der Waals surface area contributed by atoms with Gasteiger partial charge in [-0.3, -0.25) is 4.79 Å². The first-order valence-corrected chi connectivity index (χ1v) is 10.1. The summed E-state index contributed by atoms with van der Waals surface area (Å²) in [6.45, 7) is 3.72. The molecule has 3 heterocycles. The van der Waals surface area contributed by atoms with Crippen LogP contribution >= 0.6 is 0 Å². The van der Waals surface area contributed by atoms with Crippen LogP contribution in [0.2, 0.25) is 6.32 Å². The number of carboxylic acid groups (broad SMARTS) is 1. The number of likely N-dealkylation sites (tertiary alicyclic amines) is 1. The van der Waals surface area contributed by atoms with Crippen molar-refractivity contribution in [3.8, 4) is 11.5 Å². The van der Waals surface area contributed by atoms with Gasteiger partial charge in [0.25, 0.3) is 0 Å². The zero-order valence-corrected chi connectivity index (χ0v) is 16.8. The van der Waals surface area contributed by atoms with Gasteiger partial charge in [0, 0.05) is 12.7 Å². The van der Waals surface area contributed by atoms with Crippen molar-refractivity contribution in [2.75, 3.05) is 13.1 Å². The molecule has 1 fully saturated rings. The molecule has 1 aromatic heterocycles. The smallest absolute Gasteiger partial charge is 0.522 e. The van der Waals surface area contributed by atoms with Crippen molar-refractivity contribution < 1.29 is 29.1 Å². The molecule has 30 heavy (non-hydrogen) atoms. The first-order chi connectivity index (χ1) is 14.4. The van der Waals surface area contributed by atoms with E-state index in [0.717, 1.165) is 24.2 Å². The Balaban J connectivity index is 1.37. The molecule has 1 saturated heterocycles. The third-order valence-corrected chi connectivity index (χ3v) is 5.32. The van der Waals surface area contributed by atoms with Gasteiger partial charge in [0.2, 0.25) is 5.91 Å². The number of nitrogens with zero attached hydrogens (tertiary/aromatic N) is 3. The molecule has 2 N–H and O–H groups in total. The van der Waals surface area contributed by atoms with Crippen molar-refractivity contribution in [3.63, 3.8) is 0 Å². The quantitative estimate of drug-likeness (QED) is 0.657. The van der Waals surface area contributed by atoms with E-state index < -0.39 is 13.1 Å². The molecule has 0 radical (unpaired) electrons. The largest absolute Gasteiger partial charge is 0.535 e. The molecule has 1 aromatic carbocycles. The van der Waals surface area contributed by atoms with E-state index in [4.69, 9.17) is 9.39 Å². The number of carboxylic acids is 1. The Morgan fingerprint density at radius 1 is 1.37 bits per heavy atom. The van der Waals surface area contributed by atoms with Crippen LogP contribution in [0.25, 0.3) is 0 Å². The van der Waals surface area contributed by atoms with Crippen LogP contribution in [0.1, 0.15) is 35.0 Å². The Morgan fingerprint density at radius 3 is 2.90 bits per heavy atom. The van der Waals surface area contributed by atoms with Gasteiger partial charge in [-0.1, -0.05) is 13.0 Å². The van der Waals surface area contributed by atoms with Crippen molar-refractivity contribution in [2.45, 2.75) is 45.2 Å². The van der Waals surface area contributed by atoms with Crippen LogP contribution in [-0.2, 0) is 24.2 Å². The normalized spacial score (nSPS) is 15.9. The highest BCUT2D eigenvalue weighted by Crippen LogP contribution is 2.37. The molecule has 0 spiro atoms. The number of aromatic nitrogens is 2. The number of rotatable bonds is 7. The topological polar surface area (TPSA) is 114 Å². The van der Waals surface area contributed by atoms with Crippen molar-refractivity contribution in [3.05, 3.63) is 41.5 Å². The summed E-state index contributed by atoms with van der Waals surface area (Å²) in [5.74, 6) is -0.864. The number of hydrogen-bond donors (Lipinski definition) is 2. The Hall–Kier alpha value is -3.01. The van der Waals surface area contributed by atoms with Gasteiger partial charge in [0.15, 0.2) is 0 Å². The lowest BCUT2D eigenvalue weighted by atomic mass is 9.78. The number of carbonyl (C=O) groups excluding carboxylic acids is 1. The second-order valence-electron chi connectivity index (χ2n) is 7.66. The van der Waals surface area contributed by atoms with Crippen LogP contribution in [0.15, 0.2) is 24.7 Å². The van der Waals surface area contributed by atoms with Crippen LogP contribution in [0.3, 0.4) is 0 Å². The Bertz CT molecular complexity index is 956. The van der Waals surface area contributed by atoms with Crippen molar-refractivity contribution in [1.82, 2.24) is 14.5 Å². The Kier molecular flexibility index (Phi) is 5.67. The predicted molar refractivity (Wildman–Crippen MR) is 108 cm³/mol. The predicted octanol–water partition coefficient (Wildman–Crippen LogP) is 1.24. The van der Waals surface area contributed by atoms with Crippen LogP contribution in [0, 0.1) is 0 Å². The minimum Gasteiger partial charge on any atom is -0.535 e. The van der Waals surface area contributed by atoms with Gasteiger partial charge in [-0.05, 0) is 30.8 Å². The Morgan fingerprint density at radius 2 is 2.17 bits per heavy atom. The van der Waals surface area contributed by atoms with Crippen molar-refractivity contribution in [2.24, 2.45) is 0 Å². The molecule has 2 aliphatic heterocycles. The average Bonchev–Trinajstić information content (AvgIpc) is 3.10. The number of ether oxygens (including phenoxy) is 1.